The van der Waals surface area contributed by atoms with Crippen molar-refractivity contribution >= 4 is 32.6 Å². The molecule has 10 rings (SSSR count). The summed E-state index contributed by atoms with van der Waals surface area (Å²) in [6.07, 6.45) is -2.83. The SMILES string of the molecule is [2H]c1c([2H])c([2H])c2c(-c3ccc4c(c3)C(C)(C)c3ccccc3-4)c3c([2H])c([2H])c([2H])c([2H])c3c(-c3ccc(-c4ccccc4-n4c(C([2H])([2H])C([2H])([2H])[2H])nc5ccccc54)cc3)c2c1[2H]. The van der Waals surface area contributed by atoms with Crippen molar-refractivity contribution < 1.29 is 17.8 Å². The molecule has 0 saturated carbocycles. The van der Waals surface area contributed by atoms with Crippen molar-refractivity contribution in [2.75, 3.05) is 0 Å². The maximum atomic E-state index is 9.45. The fourth-order valence-electron chi connectivity index (χ4n) is 8.15. The molecule has 9 aromatic rings. The van der Waals surface area contributed by atoms with Crippen LogP contribution in [-0.2, 0) is 11.8 Å². The summed E-state index contributed by atoms with van der Waals surface area (Å²) < 4.78 is 117. The lowest BCUT2D eigenvalue weighted by Gasteiger charge is -2.23. The lowest BCUT2D eigenvalue weighted by Crippen LogP contribution is -2.14. The highest BCUT2D eigenvalue weighted by atomic mass is 15.1. The third-order valence-corrected chi connectivity index (χ3v) is 10.5. The van der Waals surface area contributed by atoms with E-state index in [9.17, 15) is 5.48 Å². The quantitative estimate of drug-likeness (QED) is 0.166. The molecule has 2 heteroatoms. The number of fused-ring (bicyclic) bond motifs is 6. The van der Waals surface area contributed by atoms with E-state index in [1.807, 2.05) is 36.4 Å². The summed E-state index contributed by atoms with van der Waals surface area (Å²) >= 11 is 0. The second-order valence-corrected chi connectivity index (χ2v) is 13.7. The Morgan fingerprint density at radius 3 is 1.87 bits per heavy atom. The van der Waals surface area contributed by atoms with E-state index in [0.717, 1.165) is 22.3 Å². The molecule has 0 bridgehead atoms. The summed E-state index contributed by atoms with van der Waals surface area (Å²) in [5, 5.41) is 0.436. The van der Waals surface area contributed by atoms with Crippen molar-refractivity contribution in [3.05, 3.63) is 181 Å². The van der Waals surface area contributed by atoms with Crippen LogP contribution in [0.25, 0.3) is 82.8 Å². The average Bonchev–Trinajstić information content (AvgIpc) is 3.80. The van der Waals surface area contributed by atoms with Crippen molar-refractivity contribution in [1.82, 2.24) is 9.55 Å². The van der Waals surface area contributed by atoms with Crippen LogP contribution in [0, 0.1) is 0 Å². The summed E-state index contributed by atoms with van der Waals surface area (Å²) in [6.45, 7) is 1.19. The predicted octanol–water partition coefficient (Wildman–Crippen LogP) is 13.2. The molecule has 1 heterocycles. The fourth-order valence-corrected chi connectivity index (χ4v) is 8.15. The van der Waals surface area contributed by atoms with Gasteiger partial charge in [-0.25, -0.2) is 4.98 Å². The van der Waals surface area contributed by atoms with Crippen molar-refractivity contribution in [2.45, 2.75) is 32.5 Å². The monoisotopic (exact) mass is 679 g/mol. The molecule has 1 aromatic heterocycles. The van der Waals surface area contributed by atoms with Gasteiger partial charge in [0.05, 0.1) is 27.7 Å². The normalized spacial score (nSPS) is 17.2. The highest BCUT2D eigenvalue weighted by Gasteiger charge is 2.35. The second-order valence-electron chi connectivity index (χ2n) is 13.7. The first-order valence-corrected chi connectivity index (χ1v) is 17.2. The zero-order valence-electron chi connectivity index (χ0n) is 41.4. The standard InChI is InChI=1S/C50H38N2/c1-4-47-51-44-22-12-14-24-46(44)52(47)45-23-13-10-15-35(45)32-25-27-33(28-26-32)48-38-17-5-7-19-40(38)49(41-20-8-6-18-39(41)48)34-29-30-37-36-16-9-11-21-42(36)50(2,3)43(37)31-34/h5-31H,4H2,1-3H3/i1D3,4D2,5D,6D,7D,8D,17D,18D,19D,20D. The van der Waals surface area contributed by atoms with Gasteiger partial charge in [-0.15, -0.1) is 0 Å². The van der Waals surface area contributed by atoms with Crippen LogP contribution in [0.3, 0.4) is 0 Å². The molecule has 0 amide bonds. The summed E-state index contributed by atoms with van der Waals surface area (Å²) in [5.41, 5.74) is 7.78. The number of imidazole rings is 1. The summed E-state index contributed by atoms with van der Waals surface area (Å²) in [5.74, 6) is -0.291. The van der Waals surface area contributed by atoms with Gasteiger partial charge < -0.3 is 0 Å². The largest absolute Gasteiger partial charge is 0.296 e. The number of hydrogen-bond donors (Lipinski definition) is 0. The number of para-hydroxylation sites is 3. The molecule has 0 N–H and O–H groups in total. The molecule has 0 saturated heterocycles. The molecular weight excluding hydrogens is 629 g/mol. The molecule has 0 aliphatic heterocycles. The van der Waals surface area contributed by atoms with Gasteiger partial charge in [0.25, 0.3) is 0 Å². The Morgan fingerprint density at radius 2 is 1.15 bits per heavy atom. The highest BCUT2D eigenvalue weighted by Crippen LogP contribution is 2.51. The minimum absolute atomic E-state index is 0.0983. The minimum atomic E-state index is -3.04. The molecule has 0 atom stereocenters. The first kappa shape index (κ1) is 20.0. The van der Waals surface area contributed by atoms with E-state index in [1.54, 1.807) is 66.7 Å². The zero-order chi connectivity index (χ0) is 46.2. The number of hydrogen-bond acceptors (Lipinski definition) is 1. The van der Waals surface area contributed by atoms with E-state index in [-0.39, 0.29) is 62.7 Å². The highest BCUT2D eigenvalue weighted by molar-refractivity contribution is 6.21. The second kappa shape index (κ2) is 11.6. The molecule has 1 aliphatic rings. The van der Waals surface area contributed by atoms with Crippen LogP contribution in [-0.4, -0.2) is 9.55 Å². The van der Waals surface area contributed by atoms with Crippen molar-refractivity contribution in [3.8, 4) is 50.2 Å². The van der Waals surface area contributed by atoms with Crippen LogP contribution >= 0.6 is 0 Å². The molecule has 0 spiro atoms. The first-order valence-electron chi connectivity index (χ1n) is 23.7. The Kier molecular flexibility index (Phi) is 4.47. The lowest BCUT2D eigenvalue weighted by atomic mass is 9.80. The lowest BCUT2D eigenvalue weighted by molar-refractivity contribution is 0.660. The molecular formula is C50H38N2. The molecule has 0 radical (unpaired) electrons. The summed E-state index contributed by atoms with van der Waals surface area (Å²) in [4.78, 5) is 4.50. The molecule has 248 valence electrons. The molecule has 1 aliphatic carbocycles. The Labute approximate surface area is 322 Å². The smallest absolute Gasteiger partial charge is 0.114 e. The van der Waals surface area contributed by atoms with Gasteiger partial charge in [-0.1, -0.05) is 160 Å². The van der Waals surface area contributed by atoms with Gasteiger partial charge in [0.2, 0.25) is 0 Å². The van der Waals surface area contributed by atoms with Gasteiger partial charge in [-0.2, -0.15) is 0 Å². The number of nitrogens with zero attached hydrogens (tertiary/aromatic N) is 2. The molecule has 52 heavy (non-hydrogen) atoms. The number of benzene rings is 8. The molecule has 0 unspecified atom stereocenters. The van der Waals surface area contributed by atoms with Crippen molar-refractivity contribution in [1.29, 1.82) is 0 Å². The summed E-state index contributed by atoms with van der Waals surface area (Å²) in [6, 6.07) is 31.6. The van der Waals surface area contributed by atoms with Crippen LogP contribution in [0.1, 0.15) is 55.5 Å². The van der Waals surface area contributed by atoms with Crippen LogP contribution < -0.4 is 0 Å². The summed E-state index contributed by atoms with van der Waals surface area (Å²) in [7, 11) is 0. The van der Waals surface area contributed by atoms with Crippen molar-refractivity contribution in [2.24, 2.45) is 0 Å². The van der Waals surface area contributed by atoms with Gasteiger partial charge in [-0.05, 0) is 95.9 Å². The van der Waals surface area contributed by atoms with Crippen LogP contribution in [0.15, 0.2) is 164 Å². The average molecular weight is 680 g/mol. The van der Waals surface area contributed by atoms with Gasteiger partial charge >= 0.3 is 0 Å². The van der Waals surface area contributed by atoms with E-state index in [4.69, 9.17) is 12.3 Å². The third-order valence-electron chi connectivity index (χ3n) is 10.5. The van der Waals surface area contributed by atoms with E-state index >= 15 is 0 Å². The van der Waals surface area contributed by atoms with E-state index in [0.29, 0.717) is 39.0 Å². The number of aryl methyl sites for hydroxylation is 1. The maximum Gasteiger partial charge on any atom is 0.114 e. The minimum Gasteiger partial charge on any atom is -0.296 e. The topological polar surface area (TPSA) is 17.8 Å². The van der Waals surface area contributed by atoms with E-state index in [1.165, 1.54) is 4.57 Å². The van der Waals surface area contributed by atoms with Crippen molar-refractivity contribution in [3.63, 3.8) is 0 Å². The van der Waals surface area contributed by atoms with Gasteiger partial charge in [0.1, 0.15) is 5.82 Å². The molecule has 0 fully saturated rings. The Hall–Kier alpha value is -6.25. The molecule has 2 nitrogen and oxygen atoms in total. The Morgan fingerprint density at radius 1 is 0.596 bits per heavy atom. The third kappa shape index (κ3) is 4.47. The Balaban J connectivity index is 1.25. The molecule has 8 aromatic carbocycles. The van der Waals surface area contributed by atoms with Crippen LogP contribution in [0.5, 0.6) is 0 Å². The first-order chi connectivity index (χ1) is 30.8. The zero-order valence-corrected chi connectivity index (χ0v) is 28.4. The van der Waals surface area contributed by atoms with E-state index in [2.05, 4.69) is 31.0 Å². The van der Waals surface area contributed by atoms with Gasteiger partial charge in [0, 0.05) is 24.2 Å². The maximum absolute atomic E-state index is 9.45. The number of aromatic nitrogens is 2. The number of rotatable bonds is 5. The van der Waals surface area contributed by atoms with Crippen LogP contribution in [0.4, 0.5) is 0 Å². The fraction of sp³-hybridized carbons (Fsp3) is 0.100. The van der Waals surface area contributed by atoms with Gasteiger partial charge in [0.15, 0.2) is 0 Å². The van der Waals surface area contributed by atoms with E-state index < -0.39 is 42.8 Å². The van der Waals surface area contributed by atoms with Gasteiger partial charge in [-0.3, -0.25) is 4.57 Å². The van der Waals surface area contributed by atoms with Crippen LogP contribution in [0.2, 0.25) is 0 Å². The Bertz CT molecular complexity index is 3430. The predicted molar refractivity (Wildman–Crippen MR) is 219 cm³/mol.